The zero-order valence-electron chi connectivity index (χ0n) is 14.1. The molecule has 7 nitrogen and oxygen atoms in total. The number of hydrogen-bond donors (Lipinski definition) is 2. The number of amides is 1. The fourth-order valence-electron chi connectivity index (χ4n) is 3.24. The Bertz CT molecular complexity index is 907. The molecule has 8 heteroatoms. The van der Waals surface area contributed by atoms with Gasteiger partial charge in [-0.05, 0) is 31.7 Å². The van der Waals surface area contributed by atoms with E-state index in [1.807, 2.05) is 0 Å². The van der Waals surface area contributed by atoms with Crippen molar-refractivity contribution in [1.29, 1.82) is 0 Å². The maximum atomic E-state index is 12.1. The van der Waals surface area contributed by atoms with Crippen LogP contribution in [0.5, 0.6) is 5.75 Å². The molecule has 3 N–H and O–H groups in total. The second-order valence-corrected chi connectivity index (χ2v) is 7.24. The molecule has 2 aromatic heterocycles. The molecule has 0 unspecified atom stereocenters. The molecule has 0 bridgehead atoms. The molecule has 26 heavy (non-hydrogen) atoms. The first-order chi connectivity index (χ1) is 12.7. The Kier molecular flexibility index (Phi) is 4.66. The normalized spacial score (nSPS) is 20.0. The van der Waals surface area contributed by atoms with E-state index in [2.05, 4.69) is 20.3 Å². The summed E-state index contributed by atoms with van der Waals surface area (Å²) in [5.41, 5.74) is 8.01. The van der Waals surface area contributed by atoms with Crippen LogP contribution in [0.2, 0.25) is 0 Å². The molecule has 2 heterocycles. The van der Waals surface area contributed by atoms with E-state index in [4.69, 9.17) is 10.5 Å². The second kappa shape index (κ2) is 7.25. The van der Waals surface area contributed by atoms with Crippen molar-refractivity contribution in [2.24, 2.45) is 0 Å². The van der Waals surface area contributed by atoms with E-state index in [0.29, 0.717) is 16.4 Å². The third kappa shape index (κ3) is 3.60. The number of fused-ring (bicyclic) bond motifs is 1. The number of carbonyl (C=O) groups excluding carboxylic acids is 1. The van der Waals surface area contributed by atoms with Crippen LogP contribution in [0.1, 0.15) is 35.5 Å². The van der Waals surface area contributed by atoms with Crippen molar-refractivity contribution in [2.45, 2.75) is 37.8 Å². The molecule has 0 radical (unpaired) electrons. The van der Waals surface area contributed by atoms with Gasteiger partial charge in [-0.1, -0.05) is 0 Å². The zero-order chi connectivity index (χ0) is 17.9. The predicted molar refractivity (Wildman–Crippen MR) is 100 cm³/mol. The highest BCUT2D eigenvalue weighted by Crippen LogP contribution is 2.30. The van der Waals surface area contributed by atoms with Gasteiger partial charge in [-0.3, -0.25) is 9.78 Å². The van der Waals surface area contributed by atoms with Crippen molar-refractivity contribution in [3.8, 4) is 5.75 Å². The molecule has 0 saturated heterocycles. The topological polar surface area (TPSA) is 103 Å². The highest BCUT2D eigenvalue weighted by Gasteiger charge is 2.25. The van der Waals surface area contributed by atoms with Gasteiger partial charge in [0, 0.05) is 41.8 Å². The summed E-state index contributed by atoms with van der Waals surface area (Å²) in [6.07, 6.45) is 8.47. The van der Waals surface area contributed by atoms with Crippen molar-refractivity contribution in [2.75, 3.05) is 5.73 Å². The molecule has 0 atom stereocenters. The van der Waals surface area contributed by atoms with Crippen molar-refractivity contribution in [3.63, 3.8) is 0 Å². The minimum Gasteiger partial charge on any atom is -0.488 e. The summed E-state index contributed by atoms with van der Waals surface area (Å²) in [7, 11) is 0. The highest BCUT2D eigenvalue weighted by atomic mass is 32.1. The van der Waals surface area contributed by atoms with E-state index in [0.717, 1.165) is 36.7 Å². The number of thiazole rings is 1. The van der Waals surface area contributed by atoms with E-state index in [1.165, 1.54) is 11.3 Å². The molecule has 1 amide bonds. The summed E-state index contributed by atoms with van der Waals surface area (Å²) >= 11 is 1.35. The summed E-state index contributed by atoms with van der Waals surface area (Å²) < 4.78 is 6.17. The van der Waals surface area contributed by atoms with Gasteiger partial charge in [0.1, 0.15) is 11.3 Å². The lowest BCUT2D eigenvalue weighted by Gasteiger charge is -2.29. The molecular formula is C18H19N5O2S. The minimum absolute atomic E-state index is 0.0787. The molecule has 4 rings (SSSR count). The van der Waals surface area contributed by atoms with Crippen LogP contribution >= 0.6 is 11.3 Å². The number of aromatic nitrogens is 3. The van der Waals surface area contributed by atoms with Crippen LogP contribution in [0, 0.1) is 0 Å². The predicted octanol–water partition coefficient (Wildman–Crippen LogP) is 2.79. The van der Waals surface area contributed by atoms with Gasteiger partial charge in [-0.15, -0.1) is 11.3 Å². The van der Waals surface area contributed by atoms with Gasteiger partial charge in [-0.2, -0.15) is 0 Å². The number of rotatable bonds is 4. The van der Waals surface area contributed by atoms with E-state index >= 15 is 0 Å². The number of nitrogens with two attached hydrogens (primary N) is 1. The molecule has 134 valence electrons. The summed E-state index contributed by atoms with van der Waals surface area (Å²) in [6, 6.07) is 3.75. The third-order valence-electron chi connectivity index (χ3n) is 4.49. The van der Waals surface area contributed by atoms with Crippen LogP contribution in [0.25, 0.3) is 11.0 Å². The SMILES string of the molecule is Nc1cc(OC2CCC(NC(=O)c3nccs3)CC2)c2nccnc2c1. The van der Waals surface area contributed by atoms with E-state index < -0.39 is 0 Å². The number of benzene rings is 1. The van der Waals surface area contributed by atoms with Crippen LogP contribution < -0.4 is 15.8 Å². The fraction of sp³-hybridized carbons (Fsp3) is 0.333. The van der Waals surface area contributed by atoms with Crippen LogP contribution in [-0.4, -0.2) is 33.0 Å². The fourth-order valence-corrected chi connectivity index (χ4v) is 3.78. The Balaban J connectivity index is 1.38. The smallest absolute Gasteiger partial charge is 0.280 e. The molecular weight excluding hydrogens is 350 g/mol. The highest BCUT2D eigenvalue weighted by molar-refractivity contribution is 7.11. The van der Waals surface area contributed by atoms with Crippen LogP contribution in [0.15, 0.2) is 36.1 Å². The Labute approximate surface area is 154 Å². The monoisotopic (exact) mass is 369 g/mol. The Hall–Kier alpha value is -2.74. The molecule has 1 aromatic carbocycles. The molecule has 0 aliphatic heterocycles. The van der Waals surface area contributed by atoms with Crippen molar-refractivity contribution < 1.29 is 9.53 Å². The first kappa shape index (κ1) is 16.7. The van der Waals surface area contributed by atoms with Crippen LogP contribution in [-0.2, 0) is 0 Å². The summed E-state index contributed by atoms with van der Waals surface area (Å²) in [4.78, 5) is 24.8. The number of hydrogen-bond acceptors (Lipinski definition) is 7. The molecule has 3 aromatic rings. The Morgan fingerprint density at radius 2 is 1.92 bits per heavy atom. The lowest BCUT2D eigenvalue weighted by Crippen LogP contribution is -2.39. The van der Waals surface area contributed by atoms with Gasteiger partial charge in [-0.25, -0.2) is 9.97 Å². The first-order valence-electron chi connectivity index (χ1n) is 8.56. The average Bonchev–Trinajstić information content (AvgIpc) is 3.18. The van der Waals surface area contributed by atoms with Gasteiger partial charge < -0.3 is 15.8 Å². The summed E-state index contributed by atoms with van der Waals surface area (Å²) in [5, 5.41) is 5.37. The maximum absolute atomic E-state index is 12.1. The molecule has 1 saturated carbocycles. The number of ether oxygens (including phenoxy) is 1. The van der Waals surface area contributed by atoms with E-state index in [-0.39, 0.29) is 18.1 Å². The van der Waals surface area contributed by atoms with Crippen molar-refractivity contribution in [1.82, 2.24) is 20.3 Å². The number of carbonyl (C=O) groups is 1. The Morgan fingerprint density at radius 3 is 2.69 bits per heavy atom. The van der Waals surface area contributed by atoms with E-state index in [9.17, 15) is 4.79 Å². The largest absolute Gasteiger partial charge is 0.488 e. The standard InChI is InChI=1S/C18H19N5O2S/c19-11-9-14-16(21-6-5-20-14)15(10-11)25-13-3-1-12(2-4-13)23-17(24)18-22-7-8-26-18/h5-10,12-13H,1-4,19H2,(H,23,24). The number of nitrogens with zero attached hydrogens (tertiary/aromatic N) is 3. The molecule has 1 fully saturated rings. The van der Waals surface area contributed by atoms with Gasteiger partial charge >= 0.3 is 0 Å². The van der Waals surface area contributed by atoms with Gasteiger partial charge in [0.05, 0.1) is 11.6 Å². The van der Waals surface area contributed by atoms with Crippen LogP contribution in [0.3, 0.4) is 0 Å². The third-order valence-corrected chi connectivity index (χ3v) is 5.26. The van der Waals surface area contributed by atoms with Crippen molar-refractivity contribution in [3.05, 3.63) is 41.1 Å². The Morgan fingerprint density at radius 1 is 1.12 bits per heavy atom. The lowest BCUT2D eigenvalue weighted by atomic mass is 9.93. The van der Waals surface area contributed by atoms with Crippen molar-refractivity contribution >= 4 is 34.0 Å². The number of nitrogens with one attached hydrogen (secondary N) is 1. The summed E-state index contributed by atoms with van der Waals surface area (Å²) in [5.74, 6) is 0.574. The van der Waals surface area contributed by atoms with Gasteiger partial charge in [0.2, 0.25) is 0 Å². The zero-order valence-corrected chi connectivity index (χ0v) is 14.9. The second-order valence-electron chi connectivity index (χ2n) is 6.35. The number of anilines is 1. The first-order valence-corrected chi connectivity index (χ1v) is 9.44. The van der Waals surface area contributed by atoms with E-state index in [1.54, 1.807) is 36.1 Å². The number of nitrogen functional groups attached to an aromatic ring is 1. The van der Waals surface area contributed by atoms with Crippen LogP contribution in [0.4, 0.5) is 5.69 Å². The van der Waals surface area contributed by atoms with Gasteiger partial charge in [0.25, 0.3) is 5.91 Å². The van der Waals surface area contributed by atoms with Gasteiger partial charge in [0.15, 0.2) is 5.01 Å². The molecule has 0 spiro atoms. The minimum atomic E-state index is -0.0959. The lowest BCUT2D eigenvalue weighted by molar-refractivity contribution is 0.0894. The maximum Gasteiger partial charge on any atom is 0.280 e. The molecule has 1 aliphatic rings. The average molecular weight is 369 g/mol. The quantitative estimate of drug-likeness (QED) is 0.686. The summed E-state index contributed by atoms with van der Waals surface area (Å²) in [6.45, 7) is 0. The molecule has 1 aliphatic carbocycles.